The molecule has 1 aliphatic carbocycles. The molecule has 2 N–H and O–H groups in total. The van der Waals surface area contributed by atoms with Gasteiger partial charge in [-0.1, -0.05) is 18.2 Å². The lowest BCUT2D eigenvalue weighted by molar-refractivity contribution is 0.102. The van der Waals surface area contributed by atoms with E-state index in [9.17, 15) is 5.11 Å². The van der Waals surface area contributed by atoms with Crippen molar-refractivity contribution in [1.82, 2.24) is 19.9 Å². The van der Waals surface area contributed by atoms with Crippen LogP contribution in [0, 0.1) is 5.92 Å². The number of aromatic nitrogens is 4. The van der Waals surface area contributed by atoms with Crippen molar-refractivity contribution in [3.8, 4) is 5.88 Å². The Labute approximate surface area is 175 Å². The van der Waals surface area contributed by atoms with Gasteiger partial charge < -0.3 is 20.1 Å². The normalized spacial score (nSPS) is 22.0. The Bertz CT molecular complexity index is 1000. The van der Waals surface area contributed by atoms with Crippen molar-refractivity contribution >= 4 is 22.7 Å². The summed E-state index contributed by atoms with van der Waals surface area (Å²) in [4.78, 5) is 20.2. The van der Waals surface area contributed by atoms with Gasteiger partial charge in [-0.15, -0.1) is 0 Å². The Kier molecular flexibility index (Phi) is 5.31. The quantitative estimate of drug-likeness (QED) is 0.645. The average molecular weight is 406 g/mol. The molecule has 1 aromatic carbocycles. The zero-order chi connectivity index (χ0) is 20.3. The summed E-state index contributed by atoms with van der Waals surface area (Å²) in [5.74, 6) is 2.45. The van der Waals surface area contributed by atoms with Gasteiger partial charge in [0, 0.05) is 62.6 Å². The van der Waals surface area contributed by atoms with E-state index in [1.165, 1.54) is 0 Å². The van der Waals surface area contributed by atoms with Crippen molar-refractivity contribution in [3.63, 3.8) is 0 Å². The summed E-state index contributed by atoms with van der Waals surface area (Å²) in [6, 6.07) is 8.26. The van der Waals surface area contributed by atoms with Gasteiger partial charge in [0.05, 0.1) is 5.52 Å². The van der Waals surface area contributed by atoms with Crippen LogP contribution in [0.4, 0.5) is 11.8 Å². The minimum atomic E-state index is 0.105. The topological polar surface area (TPSA) is 96.3 Å². The lowest BCUT2D eigenvalue weighted by Gasteiger charge is -2.37. The van der Waals surface area contributed by atoms with E-state index in [0.29, 0.717) is 17.7 Å². The van der Waals surface area contributed by atoms with Crippen molar-refractivity contribution in [2.45, 2.75) is 37.8 Å². The molecule has 5 rings (SSSR count). The first kappa shape index (κ1) is 19.0. The second-order valence-electron chi connectivity index (χ2n) is 8.10. The maximum Gasteiger partial charge on any atom is 0.257 e. The van der Waals surface area contributed by atoms with E-state index in [4.69, 9.17) is 4.74 Å². The highest BCUT2D eigenvalue weighted by Gasteiger charge is 2.33. The highest BCUT2D eigenvalue weighted by molar-refractivity contribution is 5.78. The van der Waals surface area contributed by atoms with Gasteiger partial charge in [0.1, 0.15) is 6.10 Å². The first-order valence-electron chi connectivity index (χ1n) is 10.6. The van der Waals surface area contributed by atoms with Crippen LogP contribution in [0.3, 0.4) is 0 Å². The molecular weight excluding hydrogens is 380 g/mol. The van der Waals surface area contributed by atoms with Gasteiger partial charge in [0.2, 0.25) is 5.95 Å². The van der Waals surface area contributed by atoms with Gasteiger partial charge >= 0.3 is 0 Å². The molecule has 2 aliphatic rings. The van der Waals surface area contributed by atoms with Crippen LogP contribution in [0.15, 0.2) is 42.9 Å². The van der Waals surface area contributed by atoms with E-state index in [2.05, 4.69) is 30.2 Å². The number of nitrogens with one attached hydrogen (secondary N) is 1. The number of fused-ring (bicyclic) bond motifs is 1. The van der Waals surface area contributed by atoms with Gasteiger partial charge in [-0.3, -0.25) is 0 Å². The Morgan fingerprint density at radius 3 is 2.70 bits per heavy atom. The highest BCUT2D eigenvalue weighted by atomic mass is 16.5. The maximum atomic E-state index is 9.36. The Morgan fingerprint density at radius 1 is 1.07 bits per heavy atom. The molecular formula is C22H26N6O2. The number of ether oxygens (including phenoxy) is 1. The molecule has 1 saturated carbocycles. The molecule has 30 heavy (non-hydrogen) atoms. The third-order valence-electron chi connectivity index (χ3n) is 6.01. The fourth-order valence-corrected chi connectivity index (χ4v) is 4.11. The van der Waals surface area contributed by atoms with E-state index < -0.39 is 0 Å². The summed E-state index contributed by atoms with van der Waals surface area (Å²) in [6.07, 6.45) is 9.02. The number of nitrogens with zero attached hydrogens (tertiary/aromatic N) is 5. The van der Waals surface area contributed by atoms with Gasteiger partial charge in [-0.05, 0) is 24.8 Å². The lowest BCUT2D eigenvalue weighted by atomic mass is 9.89. The molecule has 156 valence electrons. The van der Waals surface area contributed by atoms with Crippen LogP contribution in [-0.4, -0.2) is 56.9 Å². The largest absolute Gasteiger partial charge is 0.472 e. The zero-order valence-electron chi connectivity index (χ0n) is 16.8. The van der Waals surface area contributed by atoms with Crippen LogP contribution in [0.1, 0.15) is 25.7 Å². The zero-order valence-corrected chi connectivity index (χ0v) is 16.8. The van der Waals surface area contributed by atoms with E-state index in [0.717, 1.165) is 55.5 Å². The van der Waals surface area contributed by atoms with Crippen molar-refractivity contribution in [1.29, 1.82) is 0 Å². The minimum Gasteiger partial charge on any atom is -0.472 e. The number of piperidine rings is 1. The fourth-order valence-electron chi connectivity index (χ4n) is 4.11. The van der Waals surface area contributed by atoms with Crippen LogP contribution in [0.25, 0.3) is 10.9 Å². The molecule has 3 aromatic rings. The SMILES string of the molecule is OCC1CCN(c2nccnc2OC2CC(Nc3ncc4ccccc4n3)C2)CC1. The van der Waals surface area contributed by atoms with Crippen LogP contribution in [0.2, 0.25) is 0 Å². The molecule has 1 saturated heterocycles. The first-order chi connectivity index (χ1) is 14.8. The molecule has 1 aliphatic heterocycles. The molecule has 8 nitrogen and oxygen atoms in total. The van der Waals surface area contributed by atoms with Crippen molar-refractivity contribution in [2.24, 2.45) is 5.92 Å². The number of aliphatic hydroxyl groups is 1. The summed E-state index contributed by atoms with van der Waals surface area (Å²) >= 11 is 0. The third kappa shape index (κ3) is 4.00. The molecule has 0 amide bonds. The number of anilines is 2. The number of benzene rings is 1. The Hall–Kier alpha value is -3.00. The van der Waals surface area contributed by atoms with Crippen LogP contribution in [-0.2, 0) is 0 Å². The van der Waals surface area contributed by atoms with Crippen molar-refractivity contribution in [3.05, 3.63) is 42.9 Å². The summed E-state index contributed by atoms with van der Waals surface area (Å²) in [6.45, 7) is 2.00. The smallest absolute Gasteiger partial charge is 0.257 e. The molecule has 2 aromatic heterocycles. The standard InChI is InChI=1S/C22H26N6O2/c29-14-15-5-9-28(10-6-15)20-21(24-8-7-23-20)30-18-11-17(12-18)26-22-25-13-16-3-1-2-4-19(16)27-22/h1-4,7-8,13,15,17-18,29H,5-6,9-12,14H2,(H,25,26,27). The minimum absolute atomic E-state index is 0.105. The molecule has 0 atom stereocenters. The summed E-state index contributed by atoms with van der Waals surface area (Å²) in [7, 11) is 0. The monoisotopic (exact) mass is 406 g/mol. The molecule has 0 unspecified atom stereocenters. The second kappa shape index (κ2) is 8.39. The summed E-state index contributed by atoms with van der Waals surface area (Å²) in [5, 5.41) is 13.8. The second-order valence-corrected chi connectivity index (χ2v) is 8.10. The highest BCUT2D eigenvalue weighted by Crippen LogP contribution is 2.32. The first-order valence-corrected chi connectivity index (χ1v) is 10.6. The summed E-state index contributed by atoms with van der Waals surface area (Å²) < 4.78 is 6.18. The predicted octanol–water partition coefficient (Wildman–Crippen LogP) is 2.65. The number of hydrogen-bond acceptors (Lipinski definition) is 8. The van der Waals surface area contributed by atoms with Gasteiger partial charge in [0.25, 0.3) is 5.88 Å². The van der Waals surface area contributed by atoms with E-state index >= 15 is 0 Å². The number of hydrogen-bond donors (Lipinski definition) is 2. The van der Waals surface area contributed by atoms with E-state index in [-0.39, 0.29) is 18.8 Å². The van der Waals surface area contributed by atoms with Gasteiger partial charge in [0.15, 0.2) is 5.82 Å². The lowest BCUT2D eigenvalue weighted by Crippen LogP contribution is -2.43. The van der Waals surface area contributed by atoms with Crippen molar-refractivity contribution in [2.75, 3.05) is 29.9 Å². The number of rotatable bonds is 6. The molecule has 0 bridgehead atoms. The third-order valence-corrected chi connectivity index (χ3v) is 6.01. The van der Waals surface area contributed by atoms with Gasteiger partial charge in [-0.25, -0.2) is 19.9 Å². The average Bonchev–Trinajstić information content (AvgIpc) is 2.78. The molecule has 0 spiro atoms. The number of para-hydroxylation sites is 1. The van der Waals surface area contributed by atoms with Crippen molar-refractivity contribution < 1.29 is 9.84 Å². The van der Waals surface area contributed by atoms with Crippen LogP contribution >= 0.6 is 0 Å². The molecule has 8 heteroatoms. The van der Waals surface area contributed by atoms with Gasteiger partial charge in [-0.2, -0.15) is 0 Å². The van der Waals surface area contributed by atoms with Crippen LogP contribution in [0.5, 0.6) is 5.88 Å². The molecule has 3 heterocycles. The Morgan fingerprint density at radius 2 is 1.87 bits per heavy atom. The Balaban J connectivity index is 1.17. The van der Waals surface area contributed by atoms with Crippen LogP contribution < -0.4 is 15.0 Å². The number of aliphatic hydroxyl groups excluding tert-OH is 1. The maximum absolute atomic E-state index is 9.36. The predicted molar refractivity (Wildman–Crippen MR) is 115 cm³/mol. The summed E-state index contributed by atoms with van der Waals surface area (Å²) in [5.41, 5.74) is 0.941. The fraction of sp³-hybridized carbons (Fsp3) is 0.455. The molecule has 0 radical (unpaired) electrons. The molecule has 2 fully saturated rings. The van der Waals surface area contributed by atoms with E-state index in [1.54, 1.807) is 12.4 Å². The van der Waals surface area contributed by atoms with E-state index in [1.807, 2.05) is 30.5 Å².